The lowest BCUT2D eigenvalue weighted by atomic mass is 9.96. The molecule has 0 bridgehead atoms. The molecule has 0 unspecified atom stereocenters. The lowest BCUT2D eigenvalue weighted by molar-refractivity contribution is -0.115. The lowest BCUT2D eigenvalue weighted by Gasteiger charge is -2.39. The number of carbonyl (C=O) groups excluding carboxylic acids is 1. The standard InChI is InChI=1S/C34H34N4O3S2/c1-26-12-14-27(15-13-26)16-21-32(39)36-34(42)35-30-17-19-31(20-18-30)43(40,41)38-24-22-37(23-25-38)33(28-8-4-2-5-9-28)29-10-6-3-7-11-29/h2-21,33H,22-25H2,1H3,(H2,35,36,39,42). The van der Waals surface area contributed by atoms with Gasteiger partial charge < -0.3 is 5.32 Å². The molecule has 0 radical (unpaired) electrons. The molecule has 4 aromatic rings. The lowest BCUT2D eigenvalue weighted by Crippen LogP contribution is -2.49. The summed E-state index contributed by atoms with van der Waals surface area (Å²) in [6.07, 6.45) is 3.12. The second kappa shape index (κ2) is 13.9. The van der Waals surface area contributed by atoms with Gasteiger partial charge in [-0.15, -0.1) is 0 Å². The van der Waals surface area contributed by atoms with Crippen molar-refractivity contribution in [3.8, 4) is 0 Å². The number of thiocarbonyl (C=S) groups is 1. The Morgan fingerprint density at radius 3 is 1.91 bits per heavy atom. The molecule has 5 rings (SSSR count). The predicted octanol–water partition coefficient (Wildman–Crippen LogP) is 5.62. The first kappa shape index (κ1) is 30.3. The molecule has 1 aliphatic rings. The number of nitrogens with zero attached hydrogens (tertiary/aromatic N) is 2. The highest BCUT2D eigenvalue weighted by Crippen LogP contribution is 2.30. The van der Waals surface area contributed by atoms with E-state index in [-0.39, 0.29) is 22.0 Å². The van der Waals surface area contributed by atoms with Crippen molar-refractivity contribution < 1.29 is 13.2 Å². The summed E-state index contributed by atoms with van der Waals surface area (Å²) >= 11 is 5.26. The average Bonchev–Trinajstić information content (AvgIpc) is 3.02. The maximum atomic E-state index is 13.5. The molecule has 1 heterocycles. The number of piperazine rings is 1. The SMILES string of the molecule is Cc1ccc(C=CC(=O)NC(=S)Nc2ccc(S(=O)(=O)N3CCN(C(c4ccccc4)c4ccccc4)CC3)cc2)cc1. The molecule has 2 N–H and O–H groups in total. The molecule has 0 aliphatic carbocycles. The molecule has 43 heavy (non-hydrogen) atoms. The van der Waals surface area contributed by atoms with Crippen LogP contribution in [0.3, 0.4) is 0 Å². The fourth-order valence-electron chi connectivity index (χ4n) is 5.11. The van der Waals surface area contributed by atoms with E-state index in [4.69, 9.17) is 12.2 Å². The maximum absolute atomic E-state index is 13.5. The monoisotopic (exact) mass is 610 g/mol. The van der Waals surface area contributed by atoms with Crippen molar-refractivity contribution in [1.82, 2.24) is 14.5 Å². The Balaban J connectivity index is 1.17. The number of amides is 1. The van der Waals surface area contributed by atoms with Crippen molar-refractivity contribution in [1.29, 1.82) is 0 Å². The van der Waals surface area contributed by atoms with Gasteiger partial charge in [0.1, 0.15) is 0 Å². The minimum absolute atomic E-state index is 0.0556. The van der Waals surface area contributed by atoms with Gasteiger partial charge in [-0.1, -0.05) is 90.5 Å². The second-order valence-corrected chi connectivity index (χ2v) is 12.7. The van der Waals surface area contributed by atoms with E-state index in [2.05, 4.69) is 39.8 Å². The van der Waals surface area contributed by atoms with Gasteiger partial charge >= 0.3 is 0 Å². The van der Waals surface area contributed by atoms with Crippen molar-refractivity contribution in [2.45, 2.75) is 17.9 Å². The van der Waals surface area contributed by atoms with E-state index in [1.165, 1.54) is 17.2 Å². The third-order valence-corrected chi connectivity index (χ3v) is 9.48. The molecule has 220 valence electrons. The van der Waals surface area contributed by atoms with Gasteiger partial charge in [0.05, 0.1) is 10.9 Å². The number of aryl methyl sites for hydroxylation is 1. The van der Waals surface area contributed by atoms with Crippen molar-refractivity contribution in [2.24, 2.45) is 0 Å². The van der Waals surface area contributed by atoms with Crippen LogP contribution in [0.2, 0.25) is 0 Å². The number of hydrogen-bond acceptors (Lipinski definition) is 5. The van der Waals surface area contributed by atoms with E-state index in [9.17, 15) is 13.2 Å². The summed E-state index contributed by atoms with van der Waals surface area (Å²) in [7, 11) is -3.67. The Labute approximate surface area is 258 Å². The van der Waals surface area contributed by atoms with Crippen LogP contribution in [-0.4, -0.2) is 54.8 Å². The summed E-state index contributed by atoms with van der Waals surface area (Å²) in [6, 6.07) is 34.9. The van der Waals surface area contributed by atoms with E-state index in [1.807, 2.05) is 67.6 Å². The third-order valence-electron chi connectivity index (χ3n) is 7.36. The first-order chi connectivity index (χ1) is 20.8. The molecule has 9 heteroatoms. The predicted molar refractivity (Wildman–Crippen MR) is 176 cm³/mol. The van der Waals surface area contributed by atoms with E-state index >= 15 is 0 Å². The zero-order valence-electron chi connectivity index (χ0n) is 23.9. The number of hydrogen-bond donors (Lipinski definition) is 2. The van der Waals surface area contributed by atoms with Crippen LogP contribution in [0.1, 0.15) is 28.3 Å². The van der Waals surface area contributed by atoms with Crippen LogP contribution in [-0.2, 0) is 14.8 Å². The van der Waals surface area contributed by atoms with Gasteiger partial charge in [-0.25, -0.2) is 8.42 Å². The molecular weight excluding hydrogens is 577 g/mol. The van der Waals surface area contributed by atoms with Crippen LogP contribution in [0.5, 0.6) is 0 Å². The Morgan fingerprint density at radius 1 is 0.791 bits per heavy atom. The Morgan fingerprint density at radius 2 is 1.35 bits per heavy atom. The quantitative estimate of drug-likeness (QED) is 0.199. The number of anilines is 1. The molecule has 7 nitrogen and oxygen atoms in total. The normalized spacial score (nSPS) is 14.6. The largest absolute Gasteiger partial charge is 0.332 e. The highest BCUT2D eigenvalue weighted by atomic mass is 32.2. The molecule has 1 saturated heterocycles. The highest BCUT2D eigenvalue weighted by molar-refractivity contribution is 7.89. The number of rotatable bonds is 8. The third kappa shape index (κ3) is 7.82. The van der Waals surface area contributed by atoms with E-state index in [1.54, 1.807) is 34.6 Å². The Bertz CT molecular complexity index is 1630. The van der Waals surface area contributed by atoms with Crippen LogP contribution >= 0.6 is 12.2 Å². The minimum Gasteiger partial charge on any atom is -0.332 e. The summed E-state index contributed by atoms with van der Waals surface area (Å²) in [5.74, 6) is -0.363. The van der Waals surface area contributed by atoms with E-state index in [0.29, 0.717) is 31.9 Å². The molecule has 0 atom stereocenters. The fraction of sp³-hybridized carbons (Fsp3) is 0.176. The van der Waals surface area contributed by atoms with Gasteiger partial charge in [0.2, 0.25) is 15.9 Å². The van der Waals surface area contributed by atoms with Gasteiger partial charge in [0, 0.05) is 37.9 Å². The van der Waals surface area contributed by atoms with Crippen LogP contribution in [0, 0.1) is 6.92 Å². The average molecular weight is 611 g/mol. The van der Waals surface area contributed by atoms with Crippen LogP contribution in [0.4, 0.5) is 5.69 Å². The minimum atomic E-state index is -3.67. The molecule has 1 amide bonds. The van der Waals surface area contributed by atoms with E-state index in [0.717, 1.165) is 11.1 Å². The van der Waals surface area contributed by atoms with Crippen molar-refractivity contribution >= 4 is 45.0 Å². The van der Waals surface area contributed by atoms with Gasteiger partial charge in [-0.2, -0.15) is 4.31 Å². The molecule has 0 aromatic heterocycles. The number of sulfonamides is 1. The van der Waals surface area contributed by atoms with Crippen LogP contribution < -0.4 is 10.6 Å². The first-order valence-electron chi connectivity index (χ1n) is 14.1. The van der Waals surface area contributed by atoms with Crippen LogP contribution in [0.15, 0.2) is 120 Å². The first-order valence-corrected chi connectivity index (χ1v) is 16.0. The number of benzene rings is 4. The summed E-state index contributed by atoms with van der Waals surface area (Å²) in [4.78, 5) is 14.8. The Kier molecular flexibility index (Phi) is 9.79. The van der Waals surface area contributed by atoms with Crippen LogP contribution in [0.25, 0.3) is 6.08 Å². The maximum Gasteiger partial charge on any atom is 0.250 e. The van der Waals surface area contributed by atoms with Crippen molar-refractivity contribution in [3.05, 3.63) is 138 Å². The fourth-order valence-corrected chi connectivity index (χ4v) is 6.75. The Hall–Kier alpha value is -4.15. The van der Waals surface area contributed by atoms with E-state index < -0.39 is 10.0 Å². The molecule has 4 aromatic carbocycles. The molecule has 0 spiro atoms. The summed E-state index contributed by atoms with van der Waals surface area (Å²) < 4.78 is 28.5. The van der Waals surface area contributed by atoms with Gasteiger partial charge in [-0.3, -0.25) is 15.0 Å². The summed E-state index contributed by atoms with van der Waals surface area (Å²) in [5, 5.41) is 5.67. The topological polar surface area (TPSA) is 81.8 Å². The van der Waals surface area contributed by atoms with Crippen molar-refractivity contribution in [3.63, 3.8) is 0 Å². The molecule has 1 aliphatic heterocycles. The zero-order chi connectivity index (χ0) is 30.2. The molecule has 1 fully saturated rings. The number of carbonyl (C=O) groups is 1. The summed E-state index contributed by atoms with van der Waals surface area (Å²) in [5.41, 5.74) is 4.99. The highest BCUT2D eigenvalue weighted by Gasteiger charge is 2.32. The number of nitrogens with one attached hydrogen (secondary N) is 2. The van der Waals surface area contributed by atoms with Gasteiger partial charge in [0.25, 0.3) is 0 Å². The smallest absolute Gasteiger partial charge is 0.250 e. The molecule has 0 saturated carbocycles. The second-order valence-electron chi connectivity index (χ2n) is 10.4. The summed E-state index contributed by atoms with van der Waals surface area (Å²) in [6.45, 7) is 4.01. The van der Waals surface area contributed by atoms with Gasteiger partial charge in [0.15, 0.2) is 5.11 Å². The zero-order valence-corrected chi connectivity index (χ0v) is 25.5. The van der Waals surface area contributed by atoms with Gasteiger partial charge in [-0.05, 0) is 66.2 Å². The molecular formula is C34H34N4O3S2. The van der Waals surface area contributed by atoms with Crippen molar-refractivity contribution in [2.75, 3.05) is 31.5 Å².